The van der Waals surface area contributed by atoms with Crippen LogP contribution in [0.15, 0.2) is 30.5 Å². The second-order valence-electron chi connectivity index (χ2n) is 3.22. The molecule has 0 amide bonds. The lowest BCUT2D eigenvalue weighted by molar-refractivity contribution is -0.192. The highest BCUT2D eigenvalue weighted by Crippen LogP contribution is 2.13. The van der Waals surface area contributed by atoms with Crippen LogP contribution < -0.4 is 4.74 Å². The molecule has 0 spiro atoms. The molecule has 102 valence electrons. The van der Waals surface area contributed by atoms with Gasteiger partial charge in [0.15, 0.2) is 0 Å². The van der Waals surface area contributed by atoms with Crippen molar-refractivity contribution in [3.63, 3.8) is 0 Å². The number of hydrogen-bond acceptors (Lipinski definition) is 4. The maximum Gasteiger partial charge on any atom is 0.490 e. The Morgan fingerprint density at radius 3 is 2.42 bits per heavy atom. The summed E-state index contributed by atoms with van der Waals surface area (Å²) in [5.74, 6) is -2.76. The summed E-state index contributed by atoms with van der Waals surface area (Å²) in [6.07, 6.45) is -3.33. The Labute approximate surface area is 105 Å². The first kappa shape index (κ1) is 14.7. The van der Waals surface area contributed by atoms with Gasteiger partial charge >= 0.3 is 18.2 Å². The summed E-state index contributed by atoms with van der Waals surface area (Å²) in [4.78, 5) is 17.0. The molecule has 1 aromatic heterocycles. The zero-order chi connectivity index (χ0) is 14.5. The maximum absolute atomic E-state index is 10.6. The van der Waals surface area contributed by atoms with Gasteiger partial charge in [-0.15, -0.1) is 0 Å². The number of ether oxygens (including phenoxy) is 1. The maximum atomic E-state index is 10.6. The molecule has 8 heteroatoms. The van der Waals surface area contributed by atoms with Gasteiger partial charge in [0.05, 0.1) is 12.6 Å². The molecule has 0 fully saturated rings. The van der Waals surface area contributed by atoms with Gasteiger partial charge in [-0.05, 0) is 6.07 Å². The molecule has 1 N–H and O–H groups in total. The van der Waals surface area contributed by atoms with E-state index in [4.69, 9.17) is 14.6 Å². The lowest BCUT2D eigenvalue weighted by Gasteiger charge is -1.98. The number of carboxylic acid groups (broad SMARTS) is 1. The average molecular weight is 274 g/mol. The van der Waals surface area contributed by atoms with Gasteiger partial charge in [-0.25, -0.2) is 9.78 Å². The van der Waals surface area contributed by atoms with Gasteiger partial charge in [0.25, 0.3) is 0 Å². The molecule has 2 rings (SSSR count). The van der Waals surface area contributed by atoms with Gasteiger partial charge in [0.1, 0.15) is 0 Å². The number of carboxylic acids is 1. The molecule has 0 radical (unpaired) electrons. The van der Waals surface area contributed by atoms with Gasteiger partial charge in [-0.2, -0.15) is 18.2 Å². The molecule has 0 bridgehead atoms. The van der Waals surface area contributed by atoms with E-state index < -0.39 is 12.1 Å². The predicted octanol–water partition coefficient (Wildman–Crippen LogP) is 2.27. The van der Waals surface area contributed by atoms with Crippen molar-refractivity contribution < 1.29 is 27.8 Å². The molecule has 19 heavy (non-hydrogen) atoms. The standard InChI is InChI=1S/C9H8N2O.C2HF3O2/c1-12-9-10-6-7-4-2-3-5-8(7)11-9;3-2(4,5)1(6)7/h2-6H,1H3;(H,6,7). The smallest absolute Gasteiger partial charge is 0.475 e. The van der Waals surface area contributed by atoms with Crippen molar-refractivity contribution in [3.05, 3.63) is 30.5 Å². The van der Waals surface area contributed by atoms with E-state index in [2.05, 4.69) is 9.97 Å². The fourth-order valence-corrected chi connectivity index (χ4v) is 1.05. The summed E-state index contributed by atoms with van der Waals surface area (Å²) in [6.45, 7) is 0. The Balaban J connectivity index is 0.000000224. The van der Waals surface area contributed by atoms with Crippen LogP contribution in [0.4, 0.5) is 13.2 Å². The second-order valence-corrected chi connectivity index (χ2v) is 3.22. The van der Waals surface area contributed by atoms with Crippen LogP contribution in [0.5, 0.6) is 6.01 Å². The first-order chi connectivity index (χ1) is 8.84. The fourth-order valence-electron chi connectivity index (χ4n) is 1.05. The van der Waals surface area contributed by atoms with Gasteiger partial charge in [-0.3, -0.25) is 0 Å². The van der Waals surface area contributed by atoms with Crippen LogP contribution in [0.1, 0.15) is 0 Å². The molecule has 0 atom stereocenters. The van der Waals surface area contributed by atoms with E-state index in [1.54, 1.807) is 13.3 Å². The predicted molar refractivity (Wildman–Crippen MR) is 59.8 cm³/mol. The van der Waals surface area contributed by atoms with Crippen molar-refractivity contribution in [1.82, 2.24) is 9.97 Å². The molecule has 0 unspecified atom stereocenters. The van der Waals surface area contributed by atoms with E-state index in [9.17, 15) is 13.2 Å². The van der Waals surface area contributed by atoms with Crippen molar-refractivity contribution in [1.29, 1.82) is 0 Å². The summed E-state index contributed by atoms with van der Waals surface area (Å²) in [5.41, 5.74) is 0.907. The molecule has 0 aliphatic rings. The summed E-state index contributed by atoms with van der Waals surface area (Å²) in [5, 5.41) is 8.15. The van der Waals surface area contributed by atoms with Crippen LogP contribution in [-0.2, 0) is 4.79 Å². The van der Waals surface area contributed by atoms with E-state index >= 15 is 0 Å². The number of hydrogen-bond donors (Lipinski definition) is 1. The first-order valence-electron chi connectivity index (χ1n) is 4.90. The molecular weight excluding hydrogens is 265 g/mol. The van der Waals surface area contributed by atoms with E-state index in [0.29, 0.717) is 6.01 Å². The molecule has 0 aliphatic carbocycles. The number of aliphatic carboxylic acids is 1. The Morgan fingerprint density at radius 2 is 1.89 bits per heavy atom. The topological polar surface area (TPSA) is 72.3 Å². The Hall–Kier alpha value is -2.38. The third-order valence-electron chi connectivity index (χ3n) is 1.89. The SMILES string of the molecule is COc1ncc2ccccc2n1.O=C(O)C(F)(F)F. The monoisotopic (exact) mass is 274 g/mol. The summed E-state index contributed by atoms with van der Waals surface area (Å²) >= 11 is 0. The second kappa shape index (κ2) is 5.98. The van der Waals surface area contributed by atoms with E-state index in [1.165, 1.54) is 0 Å². The summed E-state index contributed by atoms with van der Waals surface area (Å²) in [6, 6.07) is 8.20. The van der Waals surface area contributed by atoms with Crippen LogP contribution in [-0.4, -0.2) is 34.3 Å². The highest BCUT2D eigenvalue weighted by molar-refractivity contribution is 5.77. The van der Waals surface area contributed by atoms with Crippen LogP contribution in [0.25, 0.3) is 10.9 Å². The lowest BCUT2D eigenvalue weighted by Crippen LogP contribution is -2.21. The minimum Gasteiger partial charge on any atom is -0.475 e. The zero-order valence-corrected chi connectivity index (χ0v) is 9.68. The van der Waals surface area contributed by atoms with E-state index in [0.717, 1.165) is 10.9 Å². The highest BCUT2D eigenvalue weighted by Gasteiger charge is 2.38. The van der Waals surface area contributed by atoms with Gasteiger partial charge in [0.2, 0.25) is 0 Å². The number of methoxy groups -OCH3 is 1. The van der Waals surface area contributed by atoms with Crippen LogP contribution in [0, 0.1) is 0 Å². The number of aromatic nitrogens is 2. The number of nitrogens with zero attached hydrogens (tertiary/aromatic N) is 2. The quantitative estimate of drug-likeness (QED) is 0.863. The third-order valence-corrected chi connectivity index (χ3v) is 1.89. The Morgan fingerprint density at radius 1 is 1.32 bits per heavy atom. The van der Waals surface area contributed by atoms with Gasteiger partial charge < -0.3 is 9.84 Å². The summed E-state index contributed by atoms with van der Waals surface area (Å²) in [7, 11) is 1.56. The fraction of sp³-hybridized carbons (Fsp3) is 0.182. The van der Waals surface area contributed by atoms with E-state index in [1.807, 2.05) is 24.3 Å². The average Bonchev–Trinajstić information content (AvgIpc) is 2.37. The number of benzene rings is 1. The number of fused-ring (bicyclic) bond motifs is 1. The minimum atomic E-state index is -5.08. The number of rotatable bonds is 1. The van der Waals surface area contributed by atoms with Crippen LogP contribution in [0.3, 0.4) is 0 Å². The molecular formula is C11H9F3N2O3. The molecule has 0 saturated heterocycles. The first-order valence-corrected chi connectivity index (χ1v) is 4.90. The molecule has 2 aromatic rings. The van der Waals surface area contributed by atoms with Crippen molar-refractivity contribution in [2.75, 3.05) is 7.11 Å². The molecule has 0 saturated carbocycles. The van der Waals surface area contributed by atoms with E-state index in [-0.39, 0.29) is 0 Å². The zero-order valence-electron chi connectivity index (χ0n) is 9.68. The molecule has 0 aliphatic heterocycles. The van der Waals surface area contributed by atoms with Gasteiger partial charge in [0, 0.05) is 11.6 Å². The summed E-state index contributed by atoms with van der Waals surface area (Å²) < 4.78 is 36.6. The molecule has 1 heterocycles. The Kier molecular flexibility index (Phi) is 4.62. The van der Waals surface area contributed by atoms with Gasteiger partial charge in [-0.1, -0.05) is 18.2 Å². The van der Waals surface area contributed by atoms with Crippen molar-refractivity contribution in [2.24, 2.45) is 0 Å². The van der Waals surface area contributed by atoms with Crippen LogP contribution in [0.2, 0.25) is 0 Å². The lowest BCUT2D eigenvalue weighted by atomic mass is 10.2. The highest BCUT2D eigenvalue weighted by atomic mass is 19.4. The number of alkyl halides is 3. The molecule has 1 aromatic carbocycles. The van der Waals surface area contributed by atoms with Crippen molar-refractivity contribution in [3.8, 4) is 6.01 Å². The Bertz CT molecular complexity index is 572. The largest absolute Gasteiger partial charge is 0.490 e. The number of halogens is 3. The number of para-hydroxylation sites is 1. The number of carbonyl (C=O) groups is 1. The van der Waals surface area contributed by atoms with Crippen molar-refractivity contribution >= 4 is 16.9 Å². The van der Waals surface area contributed by atoms with Crippen LogP contribution >= 0.6 is 0 Å². The third kappa shape index (κ3) is 4.41. The minimum absolute atomic E-state index is 0.411. The normalized spacial score (nSPS) is 10.5. The van der Waals surface area contributed by atoms with Crippen molar-refractivity contribution in [2.45, 2.75) is 6.18 Å². The molecule has 5 nitrogen and oxygen atoms in total.